The fraction of sp³-hybridized carbons (Fsp3) is 0.200. The molecule has 1 amide bonds. The van der Waals surface area contributed by atoms with Gasteiger partial charge in [0.05, 0.1) is 20.9 Å². The van der Waals surface area contributed by atoms with E-state index in [0.29, 0.717) is 0 Å². The van der Waals surface area contributed by atoms with Gasteiger partial charge >= 0.3 is 0 Å². The molecule has 1 N–H and O–H groups in total. The van der Waals surface area contributed by atoms with Gasteiger partial charge in [0, 0.05) is 6.92 Å². The van der Waals surface area contributed by atoms with Crippen molar-refractivity contribution in [3.63, 3.8) is 0 Å². The highest BCUT2D eigenvalue weighted by Gasteiger charge is 2.05. The van der Waals surface area contributed by atoms with Gasteiger partial charge in [-0.1, -0.05) is 6.07 Å². The Bertz CT molecular complexity index is 490. The van der Waals surface area contributed by atoms with E-state index in [2.05, 4.69) is 10.3 Å². The molecule has 0 radical (unpaired) electrons. The lowest BCUT2D eigenvalue weighted by atomic mass is 10.3. The van der Waals surface area contributed by atoms with Gasteiger partial charge in [-0.2, -0.15) is 0 Å². The maximum Gasteiger partial charge on any atom is 0.221 e. The van der Waals surface area contributed by atoms with E-state index in [1.807, 2.05) is 25.1 Å². The highest BCUT2D eigenvalue weighted by atomic mass is 32.1. The number of fused-ring (bicyclic) bond motifs is 1. The van der Waals surface area contributed by atoms with Gasteiger partial charge in [0.25, 0.3) is 0 Å². The predicted molar refractivity (Wildman–Crippen MR) is 58.7 cm³/mol. The number of thiazole rings is 1. The molecule has 0 aliphatic carbocycles. The van der Waals surface area contributed by atoms with E-state index in [0.717, 1.165) is 20.9 Å². The van der Waals surface area contributed by atoms with E-state index in [1.165, 1.54) is 6.92 Å². The standard InChI is InChI=1S/C10H10N2OS/c1-6(13)11-8-4-3-5-9-10(8)14-7(2)12-9/h3-5H,1-2H3,(H,11,13). The molecule has 0 atom stereocenters. The molecule has 1 heterocycles. The van der Waals surface area contributed by atoms with Crippen molar-refractivity contribution in [3.05, 3.63) is 23.2 Å². The van der Waals surface area contributed by atoms with E-state index < -0.39 is 0 Å². The molecule has 14 heavy (non-hydrogen) atoms. The molecule has 0 aliphatic heterocycles. The average molecular weight is 206 g/mol. The Labute approximate surface area is 85.8 Å². The summed E-state index contributed by atoms with van der Waals surface area (Å²) < 4.78 is 1.04. The maximum absolute atomic E-state index is 10.9. The quantitative estimate of drug-likeness (QED) is 0.779. The molecule has 3 nitrogen and oxygen atoms in total. The van der Waals surface area contributed by atoms with Crippen LogP contribution in [-0.4, -0.2) is 10.9 Å². The number of anilines is 1. The van der Waals surface area contributed by atoms with Crippen LogP contribution in [0.5, 0.6) is 0 Å². The highest BCUT2D eigenvalue weighted by molar-refractivity contribution is 7.19. The zero-order valence-electron chi connectivity index (χ0n) is 8.00. The van der Waals surface area contributed by atoms with Gasteiger partial charge in [-0.15, -0.1) is 11.3 Å². The molecule has 1 aromatic carbocycles. The Morgan fingerprint density at radius 3 is 3.00 bits per heavy atom. The molecule has 2 rings (SSSR count). The Morgan fingerprint density at radius 1 is 1.50 bits per heavy atom. The van der Waals surface area contributed by atoms with Gasteiger partial charge in [0.2, 0.25) is 5.91 Å². The molecule has 0 bridgehead atoms. The molecule has 0 aliphatic rings. The monoisotopic (exact) mass is 206 g/mol. The lowest BCUT2D eigenvalue weighted by molar-refractivity contribution is -0.114. The lowest BCUT2D eigenvalue weighted by Crippen LogP contribution is -2.05. The number of aryl methyl sites for hydroxylation is 1. The number of nitrogens with one attached hydrogen (secondary N) is 1. The van der Waals surface area contributed by atoms with E-state index in [-0.39, 0.29) is 5.91 Å². The molecular weight excluding hydrogens is 196 g/mol. The summed E-state index contributed by atoms with van der Waals surface area (Å²) in [6, 6.07) is 5.73. The normalized spacial score (nSPS) is 10.4. The van der Waals surface area contributed by atoms with Crippen LogP contribution in [-0.2, 0) is 4.79 Å². The molecule has 1 aromatic heterocycles. The SMILES string of the molecule is CC(=O)Nc1cccc2nc(C)sc12. The van der Waals surface area contributed by atoms with Gasteiger partial charge in [-0.05, 0) is 19.1 Å². The second-order valence-corrected chi connectivity index (χ2v) is 4.27. The molecular formula is C10H10N2OS. The zero-order chi connectivity index (χ0) is 10.1. The number of aromatic nitrogens is 1. The van der Waals surface area contributed by atoms with Crippen molar-refractivity contribution in [1.82, 2.24) is 4.98 Å². The van der Waals surface area contributed by atoms with Crippen LogP contribution in [0.4, 0.5) is 5.69 Å². The van der Waals surface area contributed by atoms with Crippen molar-refractivity contribution < 1.29 is 4.79 Å². The van der Waals surface area contributed by atoms with Crippen molar-refractivity contribution in [2.24, 2.45) is 0 Å². The van der Waals surface area contributed by atoms with Crippen LogP contribution >= 0.6 is 11.3 Å². The Kier molecular flexibility index (Phi) is 2.21. The average Bonchev–Trinajstić information content (AvgIpc) is 2.45. The first-order valence-corrected chi connectivity index (χ1v) is 5.12. The second-order valence-electron chi connectivity index (χ2n) is 3.07. The summed E-state index contributed by atoms with van der Waals surface area (Å²) in [7, 11) is 0. The predicted octanol–water partition coefficient (Wildman–Crippen LogP) is 2.56. The minimum atomic E-state index is -0.0523. The summed E-state index contributed by atoms with van der Waals surface area (Å²) in [5.74, 6) is -0.0523. The Balaban J connectivity index is 2.58. The summed E-state index contributed by atoms with van der Waals surface area (Å²) in [5, 5.41) is 3.80. The van der Waals surface area contributed by atoms with Gasteiger partial charge in [-0.3, -0.25) is 4.79 Å². The smallest absolute Gasteiger partial charge is 0.221 e. The molecule has 2 aromatic rings. The van der Waals surface area contributed by atoms with Crippen molar-refractivity contribution in [3.8, 4) is 0 Å². The first-order chi connectivity index (χ1) is 6.66. The van der Waals surface area contributed by atoms with Crippen LogP contribution < -0.4 is 5.32 Å². The first-order valence-electron chi connectivity index (χ1n) is 4.30. The Morgan fingerprint density at radius 2 is 2.29 bits per heavy atom. The number of amides is 1. The number of benzene rings is 1. The molecule has 0 saturated heterocycles. The zero-order valence-corrected chi connectivity index (χ0v) is 8.81. The third kappa shape index (κ3) is 1.61. The number of nitrogens with zero attached hydrogens (tertiary/aromatic N) is 1. The fourth-order valence-corrected chi connectivity index (χ4v) is 2.24. The van der Waals surface area contributed by atoms with Crippen molar-refractivity contribution in [2.45, 2.75) is 13.8 Å². The molecule has 0 unspecified atom stereocenters. The topological polar surface area (TPSA) is 42.0 Å². The van der Waals surface area contributed by atoms with Crippen LogP contribution in [0.15, 0.2) is 18.2 Å². The van der Waals surface area contributed by atoms with Gasteiger partial charge in [0.15, 0.2) is 0 Å². The molecule has 4 heteroatoms. The van der Waals surface area contributed by atoms with Crippen LogP contribution in [0.25, 0.3) is 10.2 Å². The minimum Gasteiger partial charge on any atom is -0.325 e. The number of rotatable bonds is 1. The number of carbonyl (C=O) groups is 1. The van der Waals surface area contributed by atoms with Crippen molar-refractivity contribution in [2.75, 3.05) is 5.32 Å². The van der Waals surface area contributed by atoms with Crippen LogP contribution in [0.2, 0.25) is 0 Å². The van der Waals surface area contributed by atoms with E-state index in [1.54, 1.807) is 11.3 Å². The number of hydrogen-bond acceptors (Lipinski definition) is 3. The van der Waals surface area contributed by atoms with Crippen molar-refractivity contribution >= 4 is 33.1 Å². The van der Waals surface area contributed by atoms with E-state index in [4.69, 9.17) is 0 Å². The fourth-order valence-electron chi connectivity index (χ4n) is 1.35. The van der Waals surface area contributed by atoms with Gasteiger partial charge < -0.3 is 5.32 Å². The van der Waals surface area contributed by atoms with Crippen LogP contribution in [0.1, 0.15) is 11.9 Å². The lowest BCUT2D eigenvalue weighted by Gasteiger charge is -2.01. The van der Waals surface area contributed by atoms with Gasteiger partial charge in [-0.25, -0.2) is 4.98 Å². The summed E-state index contributed by atoms with van der Waals surface area (Å²) in [5.41, 5.74) is 1.79. The van der Waals surface area contributed by atoms with Crippen LogP contribution in [0, 0.1) is 6.92 Å². The molecule has 0 spiro atoms. The molecule has 0 fully saturated rings. The summed E-state index contributed by atoms with van der Waals surface area (Å²) in [6.45, 7) is 3.47. The molecule has 0 saturated carbocycles. The number of hydrogen-bond donors (Lipinski definition) is 1. The minimum absolute atomic E-state index is 0.0523. The summed E-state index contributed by atoms with van der Waals surface area (Å²) in [6.07, 6.45) is 0. The molecule has 72 valence electrons. The Hall–Kier alpha value is -1.42. The largest absolute Gasteiger partial charge is 0.325 e. The van der Waals surface area contributed by atoms with E-state index in [9.17, 15) is 4.79 Å². The van der Waals surface area contributed by atoms with Crippen molar-refractivity contribution in [1.29, 1.82) is 0 Å². The number of carbonyl (C=O) groups excluding carboxylic acids is 1. The first kappa shape index (κ1) is 9.15. The van der Waals surface area contributed by atoms with E-state index >= 15 is 0 Å². The van der Waals surface area contributed by atoms with Gasteiger partial charge in [0.1, 0.15) is 0 Å². The summed E-state index contributed by atoms with van der Waals surface area (Å²) in [4.78, 5) is 15.3. The highest BCUT2D eigenvalue weighted by Crippen LogP contribution is 2.28. The second kappa shape index (κ2) is 3.38. The third-order valence-corrected chi connectivity index (χ3v) is 2.85. The summed E-state index contributed by atoms with van der Waals surface area (Å²) >= 11 is 1.59. The maximum atomic E-state index is 10.9. The van der Waals surface area contributed by atoms with Crippen LogP contribution in [0.3, 0.4) is 0 Å². The third-order valence-electron chi connectivity index (χ3n) is 1.83.